The number of aryl methyl sites for hydroxylation is 2. The number of hydrogen-bond acceptors (Lipinski definition) is 7. The summed E-state index contributed by atoms with van der Waals surface area (Å²) in [6, 6.07) is 3.88. The van der Waals surface area contributed by atoms with Crippen LogP contribution in [-0.4, -0.2) is 133 Å². The number of carbonyl (C=O) groups is 3. The monoisotopic (exact) mass is 580 g/mol. The maximum atomic E-state index is 12.6. The second kappa shape index (κ2) is 13.3. The first kappa shape index (κ1) is 30.1. The number of nitrogens with one attached hydrogen (secondary N) is 2. The predicted octanol–water partition coefficient (Wildman–Crippen LogP) is 1.72. The molecule has 0 spiro atoms. The zero-order chi connectivity index (χ0) is 29.8. The van der Waals surface area contributed by atoms with Gasteiger partial charge in [-0.1, -0.05) is 6.08 Å². The molecule has 4 aliphatic rings. The summed E-state index contributed by atoms with van der Waals surface area (Å²) >= 11 is 0. The number of likely N-dealkylation sites (N-methyl/N-ethyl adjacent to an activating group) is 2. The summed E-state index contributed by atoms with van der Waals surface area (Å²) < 4.78 is 4.82. The highest BCUT2D eigenvalue weighted by atomic mass is 16.5. The lowest BCUT2D eigenvalue weighted by atomic mass is 9.89. The van der Waals surface area contributed by atoms with Crippen LogP contribution in [0, 0.1) is 0 Å². The summed E-state index contributed by atoms with van der Waals surface area (Å²) in [7, 11) is 5.51. The Bertz CT molecular complexity index is 1310. The van der Waals surface area contributed by atoms with Crippen LogP contribution in [-0.2, 0) is 22.4 Å². The summed E-state index contributed by atoms with van der Waals surface area (Å²) in [5.74, 6) is -0.0786. The van der Waals surface area contributed by atoms with E-state index in [2.05, 4.69) is 33.9 Å². The summed E-state index contributed by atoms with van der Waals surface area (Å²) in [5, 5.41) is 9.44. The van der Waals surface area contributed by atoms with Gasteiger partial charge in [-0.3, -0.25) is 9.59 Å². The molecule has 2 aliphatic heterocycles. The van der Waals surface area contributed by atoms with Crippen LogP contribution in [0.3, 0.4) is 0 Å². The van der Waals surface area contributed by atoms with E-state index in [-0.39, 0.29) is 30.3 Å². The lowest BCUT2D eigenvalue weighted by Crippen LogP contribution is -2.47. The SMILES string of the molecule is CN1CCN(C(=O)c2cc3c([nH]2)C(CO)CCC3)CC1.COC(=O)C1=CCCc2cc(C(=O)N3CCN(C)CC3)[nH]c21. The lowest BCUT2D eigenvalue weighted by molar-refractivity contribution is -0.133. The third kappa shape index (κ3) is 6.48. The Labute approximate surface area is 247 Å². The molecule has 2 aromatic rings. The zero-order valence-corrected chi connectivity index (χ0v) is 25.1. The molecule has 11 heteroatoms. The number of methoxy groups -OCH3 is 1. The molecule has 2 saturated heterocycles. The van der Waals surface area contributed by atoms with Gasteiger partial charge in [0.05, 0.1) is 25.0 Å². The normalized spacial score (nSPS) is 21.0. The number of allylic oxidation sites excluding steroid dienone is 1. The second-order valence-corrected chi connectivity index (χ2v) is 11.8. The first-order valence-corrected chi connectivity index (χ1v) is 15.1. The number of hydrogen-bond donors (Lipinski definition) is 3. The summed E-state index contributed by atoms with van der Waals surface area (Å²) in [5.41, 5.74) is 5.83. The number of esters is 1. The van der Waals surface area contributed by atoms with Gasteiger partial charge in [0.25, 0.3) is 11.8 Å². The van der Waals surface area contributed by atoms with Crippen LogP contribution in [0.2, 0.25) is 0 Å². The summed E-state index contributed by atoms with van der Waals surface area (Å²) in [6.45, 7) is 6.87. The molecular weight excluding hydrogens is 536 g/mol. The highest BCUT2D eigenvalue weighted by Gasteiger charge is 2.28. The third-order valence-electron chi connectivity index (χ3n) is 8.94. The number of aromatic amines is 2. The molecule has 0 aromatic carbocycles. The molecule has 6 rings (SSSR count). The molecule has 0 saturated carbocycles. The standard InChI is InChI=1S/C16H21N3O3.C15H23N3O2/c1-18-6-8-19(9-7-18)15(20)13-10-11-4-3-5-12(14(11)17-13)16(21)22-2;1-17-5-7-18(8-6-17)15(20)13-9-11-3-2-4-12(10-19)14(11)16-13/h5,10,17H,3-4,6-9H2,1-2H3;9,12,16,19H,2-8,10H2,1H3. The van der Waals surface area contributed by atoms with Gasteiger partial charge in [-0.2, -0.15) is 0 Å². The van der Waals surface area contributed by atoms with Gasteiger partial charge in [0.15, 0.2) is 0 Å². The van der Waals surface area contributed by atoms with Crippen molar-refractivity contribution >= 4 is 23.4 Å². The minimum absolute atomic E-state index is 0.00622. The van der Waals surface area contributed by atoms with E-state index >= 15 is 0 Å². The number of ether oxygens (including phenoxy) is 1. The van der Waals surface area contributed by atoms with Crippen molar-refractivity contribution in [1.29, 1.82) is 0 Å². The maximum absolute atomic E-state index is 12.6. The Morgan fingerprint density at radius 2 is 1.43 bits per heavy atom. The van der Waals surface area contributed by atoms with Crippen LogP contribution in [0.4, 0.5) is 0 Å². The van der Waals surface area contributed by atoms with Gasteiger partial charge in [0, 0.05) is 64.0 Å². The van der Waals surface area contributed by atoms with Crippen molar-refractivity contribution in [2.75, 3.05) is 80.2 Å². The van der Waals surface area contributed by atoms with E-state index < -0.39 is 0 Å². The van der Waals surface area contributed by atoms with Gasteiger partial charge < -0.3 is 39.4 Å². The largest absolute Gasteiger partial charge is 0.465 e. The van der Waals surface area contributed by atoms with Crippen molar-refractivity contribution in [3.8, 4) is 0 Å². The van der Waals surface area contributed by atoms with Gasteiger partial charge in [-0.05, 0) is 69.5 Å². The predicted molar refractivity (Wildman–Crippen MR) is 159 cm³/mol. The zero-order valence-electron chi connectivity index (χ0n) is 25.1. The molecule has 2 aromatic heterocycles. The Balaban J connectivity index is 0.000000169. The van der Waals surface area contributed by atoms with E-state index in [1.54, 1.807) is 0 Å². The highest BCUT2D eigenvalue weighted by molar-refractivity contribution is 6.17. The molecule has 0 radical (unpaired) electrons. The number of nitrogens with zero attached hydrogens (tertiary/aromatic N) is 4. The van der Waals surface area contributed by atoms with Crippen LogP contribution < -0.4 is 0 Å². The van der Waals surface area contributed by atoms with Crippen LogP contribution in [0.15, 0.2) is 18.2 Å². The number of aromatic nitrogens is 2. The van der Waals surface area contributed by atoms with E-state index in [1.165, 1.54) is 12.7 Å². The summed E-state index contributed by atoms with van der Waals surface area (Å²) in [6.07, 6.45) is 6.61. The maximum Gasteiger partial charge on any atom is 0.339 e. The lowest BCUT2D eigenvalue weighted by Gasteiger charge is -2.32. The molecule has 2 fully saturated rings. The molecule has 11 nitrogen and oxygen atoms in total. The van der Waals surface area contributed by atoms with Crippen LogP contribution in [0.1, 0.15) is 68.7 Å². The molecule has 1 unspecified atom stereocenters. The Morgan fingerprint density at radius 3 is 2.00 bits per heavy atom. The smallest absolute Gasteiger partial charge is 0.339 e. The Morgan fingerprint density at radius 1 is 0.857 bits per heavy atom. The Kier molecular flexibility index (Phi) is 9.50. The fourth-order valence-electron chi connectivity index (χ4n) is 6.24. The fourth-order valence-corrected chi connectivity index (χ4v) is 6.24. The molecule has 4 heterocycles. The second-order valence-electron chi connectivity index (χ2n) is 11.8. The number of H-pyrrole nitrogens is 2. The number of amides is 2. The number of aliphatic hydroxyl groups is 1. The number of piperazine rings is 2. The van der Waals surface area contributed by atoms with E-state index in [4.69, 9.17) is 4.74 Å². The molecule has 42 heavy (non-hydrogen) atoms. The summed E-state index contributed by atoms with van der Waals surface area (Å²) in [4.78, 5) is 51.6. The Hall–Kier alpha value is -3.41. The van der Waals surface area contributed by atoms with Crippen molar-refractivity contribution in [3.05, 3.63) is 52.1 Å². The molecule has 3 N–H and O–H groups in total. The van der Waals surface area contributed by atoms with Gasteiger partial charge >= 0.3 is 5.97 Å². The molecular formula is C31H44N6O5. The van der Waals surface area contributed by atoms with Gasteiger partial charge in [-0.25, -0.2) is 4.79 Å². The number of carbonyl (C=O) groups excluding carboxylic acids is 3. The molecule has 1 atom stereocenters. The van der Waals surface area contributed by atoms with Gasteiger partial charge in [-0.15, -0.1) is 0 Å². The van der Waals surface area contributed by atoms with Crippen molar-refractivity contribution in [1.82, 2.24) is 29.6 Å². The average Bonchev–Trinajstić information content (AvgIpc) is 3.66. The fraction of sp³-hybridized carbons (Fsp3) is 0.581. The van der Waals surface area contributed by atoms with Crippen LogP contribution >= 0.6 is 0 Å². The van der Waals surface area contributed by atoms with Crippen LogP contribution in [0.25, 0.3) is 5.57 Å². The molecule has 2 amide bonds. The first-order valence-electron chi connectivity index (χ1n) is 15.1. The number of aliphatic hydroxyl groups excluding tert-OH is 1. The molecule has 228 valence electrons. The van der Waals surface area contributed by atoms with E-state index in [9.17, 15) is 19.5 Å². The van der Waals surface area contributed by atoms with E-state index in [1.807, 2.05) is 28.0 Å². The van der Waals surface area contributed by atoms with Gasteiger partial charge in [0.2, 0.25) is 0 Å². The van der Waals surface area contributed by atoms with E-state index in [0.717, 1.165) is 101 Å². The van der Waals surface area contributed by atoms with Crippen molar-refractivity contribution in [3.63, 3.8) is 0 Å². The quantitative estimate of drug-likeness (QED) is 0.471. The van der Waals surface area contributed by atoms with Crippen molar-refractivity contribution < 1.29 is 24.2 Å². The highest BCUT2D eigenvalue weighted by Crippen LogP contribution is 2.32. The average molecular weight is 581 g/mol. The third-order valence-corrected chi connectivity index (χ3v) is 8.94. The topological polar surface area (TPSA) is 125 Å². The molecule has 2 aliphatic carbocycles. The van der Waals surface area contributed by atoms with Crippen molar-refractivity contribution in [2.45, 2.75) is 38.0 Å². The minimum atomic E-state index is -0.360. The van der Waals surface area contributed by atoms with Gasteiger partial charge in [0.1, 0.15) is 11.4 Å². The van der Waals surface area contributed by atoms with Crippen LogP contribution in [0.5, 0.6) is 0 Å². The first-order chi connectivity index (χ1) is 20.3. The van der Waals surface area contributed by atoms with Crippen molar-refractivity contribution in [2.24, 2.45) is 0 Å². The minimum Gasteiger partial charge on any atom is -0.465 e. The number of fused-ring (bicyclic) bond motifs is 2. The molecule has 0 bridgehead atoms. The number of rotatable bonds is 4. The van der Waals surface area contributed by atoms with E-state index in [0.29, 0.717) is 17.0 Å².